The second-order valence-electron chi connectivity index (χ2n) is 12.4. The molecule has 3 atom stereocenters. The molecule has 0 amide bonds. The van der Waals surface area contributed by atoms with Gasteiger partial charge in [0.2, 0.25) is 0 Å². The molecule has 0 aromatic carbocycles. The Bertz CT molecular complexity index is 575. The third-order valence-corrected chi connectivity index (χ3v) is 9.59. The number of piperazine rings is 2. The lowest BCUT2D eigenvalue weighted by Gasteiger charge is -2.47. The lowest BCUT2D eigenvalue weighted by molar-refractivity contribution is 0.0169. The minimum Gasteiger partial charge on any atom is -0.314 e. The average molecular weight is 477 g/mol. The summed E-state index contributed by atoms with van der Waals surface area (Å²) in [7, 11) is 0. The van der Waals surface area contributed by atoms with Gasteiger partial charge in [-0.3, -0.25) is 14.7 Å². The fraction of sp³-hybridized carbons (Fsp3) is 1.00. The molecule has 0 aliphatic carbocycles. The quantitative estimate of drug-likeness (QED) is 0.579. The van der Waals surface area contributed by atoms with Crippen molar-refractivity contribution in [1.29, 1.82) is 0 Å². The van der Waals surface area contributed by atoms with Crippen LogP contribution in [0.1, 0.15) is 66.7 Å². The van der Waals surface area contributed by atoms with E-state index in [4.69, 9.17) is 0 Å². The van der Waals surface area contributed by atoms with Gasteiger partial charge in [-0.2, -0.15) is 0 Å². The highest BCUT2D eigenvalue weighted by molar-refractivity contribution is 4.90. The van der Waals surface area contributed by atoms with E-state index in [0.717, 1.165) is 18.0 Å². The van der Waals surface area contributed by atoms with Crippen molar-refractivity contribution in [3.8, 4) is 0 Å². The molecule has 3 unspecified atom stereocenters. The molecule has 0 spiro atoms. The van der Waals surface area contributed by atoms with Crippen molar-refractivity contribution >= 4 is 0 Å². The summed E-state index contributed by atoms with van der Waals surface area (Å²) in [4.78, 5) is 13.9. The van der Waals surface area contributed by atoms with E-state index in [9.17, 15) is 0 Å². The van der Waals surface area contributed by atoms with Crippen LogP contribution in [0.4, 0.5) is 0 Å². The molecule has 198 valence electrons. The molecular formula is C28H56N6. The van der Waals surface area contributed by atoms with E-state index in [1.807, 2.05) is 0 Å². The number of nitrogens with one attached hydrogen (secondary N) is 1. The molecular weight excluding hydrogens is 420 g/mol. The SMILES string of the molecule is CC(C)N1CCC(N2CCN(C(C)CC3CC(CN4CCNCC4)CCN3C(C)C)CC2)CC1. The molecule has 6 nitrogen and oxygen atoms in total. The maximum Gasteiger partial charge on any atom is 0.0121 e. The first-order valence-corrected chi connectivity index (χ1v) is 14.8. The highest BCUT2D eigenvalue weighted by Gasteiger charge is 2.34. The smallest absolute Gasteiger partial charge is 0.0121 e. The van der Waals surface area contributed by atoms with Crippen LogP contribution in [0.15, 0.2) is 0 Å². The molecule has 0 aromatic rings. The Balaban J connectivity index is 1.24. The normalized spacial score (nSPS) is 31.5. The number of rotatable bonds is 8. The van der Waals surface area contributed by atoms with Crippen molar-refractivity contribution in [1.82, 2.24) is 29.8 Å². The van der Waals surface area contributed by atoms with Crippen molar-refractivity contribution < 1.29 is 0 Å². The molecule has 4 saturated heterocycles. The molecule has 4 rings (SSSR count). The summed E-state index contributed by atoms with van der Waals surface area (Å²) in [6, 6.07) is 3.67. The van der Waals surface area contributed by atoms with Crippen LogP contribution < -0.4 is 5.32 Å². The number of piperidine rings is 2. The first-order valence-electron chi connectivity index (χ1n) is 14.8. The molecule has 4 fully saturated rings. The largest absolute Gasteiger partial charge is 0.314 e. The van der Waals surface area contributed by atoms with Gasteiger partial charge >= 0.3 is 0 Å². The Morgan fingerprint density at radius 2 is 1.38 bits per heavy atom. The predicted molar refractivity (Wildman–Crippen MR) is 145 cm³/mol. The van der Waals surface area contributed by atoms with E-state index in [2.05, 4.69) is 64.4 Å². The van der Waals surface area contributed by atoms with Crippen molar-refractivity contribution in [3.63, 3.8) is 0 Å². The predicted octanol–water partition coefficient (Wildman–Crippen LogP) is 2.65. The molecule has 34 heavy (non-hydrogen) atoms. The van der Waals surface area contributed by atoms with Crippen LogP contribution in [0.25, 0.3) is 0 Å². The van der Waals surface area contributed by atoms with Crippen LogP contribution in [0.3, 0.4) is 0 Å². The zero-order chi connectivity index (χ0) is 24.1. The first kappa shape index (κ1) is 26.8. The van der Waals surface area contributed by atoms with Crippen LogP contribution in [0.2, 0.25) is 0 Å². The van der Waals surface area contributed by atoms with Crippen molar-refractivity contribution in [2.24, 2.45) is 5.92 Å². The van der Waals surface area contributed by atoms with Gasteiger partial charge in [0.05, 0.1) is 0 Å². The molecule has 1 N–H and O–H groups in total. The second kappa shape index (κ2) is 12.8. The van der Waals surface area contributed by atoms with Gasteiger partial charge in [0.1, 0.15) is 0 Å². The minimum atomic E-state index is 0.672. The summed E-state index contributed by atoms with van der Waals surface area (Å²) < 4.78 is 0. The highest BCUT2D eigenvalue weighted by Crippen LogP contribution is 2.30. The molecule has 4 aliphatic heterocycles. The Hall–Kier alpha value is -0.240. The van der Waals surface area contributed by atoms with E-state index < -0.39 is 0 Å². The van der Waals surface area contributed by atoms with Crippen LogP contribution in [0, 0.1) is 5.92 Å². The van der Waals surface area contributed by atoms with E-state index in [0.29, 0.717) is 18.1 Å². The average Bonchev–Trinajstić information content (AvgIpc) is 2.85. The van der Waals surface area contributed by atoms with Gasteiger partial charge in [0.15, 0.2) is 0 Å². The zero-order valence-corrected chi connectivity index (χ0v) is 23.2. The first-order chi connectivity index (χ1) is 16.4. The van der Waals surface area contributed by atoms with E-state index in [1.165, 1.54) is 111 Å². The standard InChI is InChI=1S/C28H56N6/c1-23(2)31-11-7-27(8-12-31)33-18-16-32(17-19-33)25(5)20-28-21-26(6-13-34(28)24(3)4)22-30-14-9-29-10-15-30/h23-29H,6-22H2,1-5H3. The van der Waals surface area contributed by atoms with Gasteiger partial charge in [-0.25, -0.2) is 0 Å². The number of hydrogen-bond acceptors (Lipinski definition) is 6. The summed E-state index contributed by atoms with van der Waals surface area (Å²) in [5, 5.41) is 3.51. The molecule has 4 heterocycles. The summed E-state index contributed by atoms with van der Waals surface area (Å²) in [6.07, 6.45) is 6.88. The van der Waals surface area contributed by atoms with Crippen LogP contribution >= 0.6 is 0 Å². The molecule has 0 aromatic heterocycles. The van der Waals surface area contributed by atoms with Crippen LogP contribution in [-0.2, 0) is 0 Å². The molecule has 0 radical (unpaired) electrons. The summed E-state index contributed by atoms with van der Waals surface area (Å²) >= 11 is 0. The maximum absolute atomic E-state index is 3.51. The van der Waals surface area contributed by atoms with Crippen molar-refractivity contribution in [2.45, 2.75) is 96.9 Å². The Labute approximate surface area is 211 Å². The van der Waals surface area contributed by atoms with Crippen molar-refractivity contribution in [3.05, 3.63) is 0 Å². The Kier molecular flexibility index (Phi) is 10.1. The van der Waals surface area contributed by atoms with Gasteiger partial charge in [0, 0.05) is 89.1 Å². The molecule has 6 heteroatoms. The fourth-order valence-electron chi connectivity index (χ4n) is 7.34. The Morgan fingerprint density at radius 3 is 2.00 bits per heavy atom. The van der Waals surface area contributed by atoms with Gasteiger partial charge in [-0.05, 0) is 92.3 Å². The maximum atomic E-state index is 3.51. The van der Waals surface area contributed by atoms with Crippen LogP contribution in [0.5, 0.6) is 0 Å². The zero-order valence-electron chi connectivity index (χ0n) is 23.2. The second-order valence-corrected chi connectivity index (χ2v) is 12.4. The summed E-state index contributed by atoms with van der Waals surface area (Å²) in [5.74, 6) is 0.888. The Morgan fingerprint density at radius 1 is 0.706 bits per heavy atom. The lowest BCUT2D eigenvalue weighted by Crippen LogP contribution is -2.56. The number of likely N-dealkylation sites (tertiary alicyclic amines) is 2. The lowest BCUT2D eigenvalue weighted by atomic mass is 9.86. The van der Waals surface area contributed by atoms with Gasteiger partial charge in [-0.15, -0.1) is 0 Å². The van der Waals surface area contributed by atoms with Gasteiger partial charge in [0.25, 0.3) is 0 Å². The highest BCUT2D eigenvalue weighted by atomic mass is 15.3. The topological polar surface area (TPSA) is 28.2 Å². The number of hydrogen-bond donors (Lipinski definition) is 1. The molecule has 4 aliphatic rings. The third kappa shape index (κ3) is 7.17. The summed E-state index contributed by atoms with van der Waals surface area (Å²) in [6.45, 7) is 27.2. The molecule has 0 bridgehead atoms. The monoisotopic (exact) mass is 476 g/mol. The fourth-order valence-corrected chi connectivity index (χ4v) is 7.34. The molecule has 0 saturated carbocycles. The third-order valence-electron chi connectivity index (χ3n) is 9.59. The van der Waals surface area contributed by atoms with E-state index in [1.54, 1.807) is 0 Å². The summed E-state index contributed by atoms with van der Waals surface area (Å²) in [5.41, 5.74) is 0. The van der Waals surface area contributed by atoms with E-state index in [-0.39, 0.29) is 0 Å². The number of nitrogens with zero attached hydrogens (tertiary/aromatic N) is 5. The van der Waals surface area contributed by atoms with Gasteiger partial charge < -0.3 is 15.1 Å². The van der Waals surface area contributed by atoms with Crippen LogP contribution in [-0.4, -0.2) is 133 Å². The van der Waals surface area contributed by atoms with Crippen molar-refractivity contribution in [2.75, 3.05) is 78.5 Å². The van der Waals surface area contributed by atoms with E-state index >= 15 is 0 Å². The minimum absolute atomic E-state index is 0.672. The van der Waals surface area contributed by atoms with Gasteiger partial charge in [-0.1, -0.05) is 0 Å².